The van der Waals surface area contributed by atoms with Crippen molar-refractivity contribution in [2.75, 3.05) is 0 Å². The van der Waals surface area contributed by atoms with Crippen LogP contribution >= 0.6 is 0 Å². The van der Waals surface area contributed by atoms with Gasteiger partial charge in [0.25, 0.3) is 0 Å². The molecule has 0 spiro atoms. The normalized spacial score (nSPS) is 17.1. The molecule has 0 heterocycles. The summed E-state index contributed by atoms with van der Waals surface area (Å²) in [5.41, 5.74) is 6.44. The van der Waals surface area contributed by atoms with Crippen molar-refractivity contribution in [3.8, 4) is 0 Å². The molecule has 2 aromatic carbocycles. The van der Waals surface area contributed by atoms with Crippen molar-refractivity contribution < 1.29 is 26.2 Å². The van der Waals surface area contributed by atoms with Gasteiger partial charge in [0.05, 0.1) is 0 Å². The van der Waals surface area contributed by atoms with Gasteiger partial charge < -0.3 is 0 Å². The van der Waals surface area contributed by atoms with Crippen molar-refractivity contribution in [1.29, 1.82) is 0 Å². The molecule has 0 bridgehead atoms. The van der Waals surface area contributed by atoms with Crippen LogP contribution in [0.1, 0.15) is 60.8 Å². The van der Waals surface area contributed by atoms with Gasteiger partial charge in [0.2, 0.25) is 0 Å². The van der Waals surface area contributed by atoms with Gasteiger partial charge in [-0.15, -0.1) is 0 Å². The molecule has 2 aliphatic rings. The predicted molar refractivity (Wildman–Crippen MR) is 86.6 cm³/mol. The average molecular weight is 358 g/mol. The summed E-state index contributed by atoms with van der Waals surface area (Å²) in [6.07, 6.45) is 13.7. The van der Waals surface area contributed by atoms with Crippen LogP contribution in [0.3, 0.4) is 0 Å². The van der Waals surface area contributed by atoms with Crippen molar-refractivity contribution in [2.45, 2.75) is 64.2 Å². The molecule has 0 fully saturated rings. The first-order chi connectivity index (χ1) is 9.93. The Morgan fingerprint density at radius 1 is 0.571 bits per heavy atom. The Hall–Kier alpha value is -0.417. The van der Waals surface area contributed by atoms with E-state index in [4.69, 9.17) is 0 Å². The van der Waals surface area contributed by atoms with E-state index in [1.54, 1.807) is 22.3 Å². The number of fused-ring (bicyclic) bond motifs is 2. The minimum Gasteiger partial charge on any atom is -0.210 e. The van der Waals surface area contributed by atoms with Crippen LogP contribution in [-0.4, -0.2) is 0 Å². The quantitative estimate of drug-likeness (QED) is 0.440. The fraction of sp³-hybridized carbons (Fsp3) is 0.500. The summed E-state index contributed by atoms with van der Waals surface area (Å²) in [4.78, 5) is 0. The van der Waals surface area contributed by atoms with Gasteiger partial charge >= 0.3 is 26.2 Å². The molecule has 0 saturated heterocycles. The summed E-state index contributed by atoms with van der Waals surface area (Å²) >= 11 is 0. The molecule has 4 rings (SSSR count). The van der Waals surface area contributed by atoms with Gasteiger partial charge in [0.15, 0.2) is 0 Å². The summed E-state index contributed by atoms with van der Waals surface area (Å²) in [5.74, 6) is 0. The van der Waals surface area contributed by atoms with Crippen LogP contribution < -0.4 is 0 Å². The Bertz CT molecular complexity index is 428. The molecule has 2 aromatic rings. The van der Waals surface area contributed by atoms with Crippen LogP contribution in [0, 0.1) is 0 Å². The molecular formula is C20H26Zr. The number of rotatable bonds is 0. The predicted octanol–water partition coefficient (Wildman–Crippen LogP) is 5.35. The summed E-state index contributed by atoms with van der Waals surface area (Å²) in [6.45, 7) is 0. The first-order valence-electron chi connectivity index (χ1n) is 8.40. The Kier molecular flexibility index (Phi) is 7.17. The first-order valence-corrected chi connectivity index (χ1v) is 8.40. The smallest absolute Gasteiger partial charge is 0.210 e. The van der Waals surface area contributed by atoms with Crippen LogP contribution in [0.4, 0.5) is 0 Å². The van der Waals surface area contributed by atoms with E-state index in [1.807, 2.05) is 0 Å². The number of aryl methyl sites for hydroxylation is 4. The van der Waals surface area contributed by atoms with Gasteiger partial charge in [0, 0.05) is 0 Å². The summed E-state index contributed by atoms with van der Waals surface area (Å²) < 4.78 is 0. The van der Waals surface area contributed by atoms with E-state index in [0.29, 0.717) is 0 Å². The topological polar surface area (TPSA) is 0 Å². The zero-order valence-electron chi connectivity index (χ0n) is 13.0. The summed E-state index contributed by atoms with van der Waals surface area (Å²) in [6, 6.07) is 13.5. The Balaban J connectivity index is 0.000000147. The largest absolute Gasteiger partial charge is 2.00 e. The maximum atomic E-state index is 2.28. The third-order valence-electron chi connectivity index (χ3n) is 4.80. The van der Waals surface area contributed by atoms with Crippen molar-refractivity contribution >= 4 is 0 Å². The molecule has 0 radical (unpaired) electrons. The fourth-order valence-corrected chi connectivity index (χ4v) is 3.58. The third-order valence-corrected chi connectivity index (χ3v) is 4.80. The fourth-order valence-electron chi connectivity index (χ4n) is 3.58. The van der Waals surface area contributed by atoms with E-state index >= 15 is 0 Å². The summed E-state index contributed by atoms with van der Waals surface area (Å²) in [7, 11) is 0. The molecule has 0 atom stereocenters. The van der Waals surface area contributed by atoms with Crippen molar-refractivity contribution in [1.82, 2.24) is 0 Å². The van der Waals surface area contributed by atoms with Gasteiger partial charge in [-0.3, -0.25) is 0 Å². The molecule has 0 saturated carbocycles. The third kappa shape index (κ3) is 4.78. The second-order valence-electron chi connectivity index (χ2n) is 6.27. The van der Waals surface area contributed by atoms with Gasteiger partial charge in [-0.1, -0.05) is 64.2 Å². The molecule has 2 aliphatic carbocycles. The number of hydrogen-bond acceptors (Lipinski definition) is 0. The van der Waals surface area contributed by atoms with Crippen LogP contribution in [0.2, 0.25) is 0 Å². The van der Waals surface area contributed by atoms with Crippen molar-refractivity contribution in [3.63, 3.8) is 0 Å². The molecule has 0 aromatic heterocycles. The molecule has 0 unspecified atom stereocenters. The molecule has 0 N–H and O–H groups in total. The minimum absolute atomic E-state index is 0. The van der Waals surface area contributed by atoms with E-state index in [1.165, 1.54) is 64.2 Å². The van der Waals surface area contributed by atoms with Gasteiger partial charge in [-0.25, -0.2) is 12.1 Å². The summed E-state index contributed by atoms with van der Waals surface area (Å²) in [5, 5.41) is 0. The van der Waals surface area contributed by atoms with Crippen LogP contribution in [0.5, 0.6) is 0 Å². The zero-order valence-corrected chi connectivity index (χ0v) is 15.5. The SMILES string of the molecule is [Zr+2].c1cc2c([cH-]1)CCCCC2.c1cc2c([cH-]1)CCCCC2. The van der Waals surface area contributed by atoms with Gasteiger partial charge in [-0.2, -0.15) is 46.5 Å². The maximum Gasteiger partial charge on any atom is 2.00 e. The Labute approximate surface area is 148 Å². The van der Waals surface area contributed by atoms with E-state index in [-0.39, 0.29) is 26.2 Å². The van der Waals surface area contributed by atoms with E-state index < -0.39 is 0 Å². The zero-order chi connectivity index (χ0) is 13.6. The molecular weight excluding hydrogens is 331 g/mol. The van der Waals surface area contributed by atoms with Gasteiger partial charge in [-0.05, 0) is 0 Å². The second kappa shape index (κ2) is 8.89. The van der Waals surface area contributed by atoms with E-state index in [2.05, 4.69) is 36.4 Å². The van der Waals surface area contributed by atoms with Crippen LogP contribution in [0.15, 0.2) is 36.4 Å². The standard InChI is InChI=1S/2C10H13.Zr/c2*1-2-5-9-7-4-8-10(9)6-3-1;/h2*4,7-8H,1-3,5-6H2;/q2*-1;+2. The van der Waals surface area contributed by atoms with Crippen molar-refractivity contribution in [3.05, 3.63) is 58.7 Å². The first kappa shape index (κ1) is 16.9. The molecule has 0 amide bonds. The minimum atomic E-state index is 0. The van der Waals surface area contributed by atoms with Gasteiger partial charge in [0.1, 0.15) is 0 Å². The molecule has 1 heteroatoms. The van der Waals surface area contributed by atoms with Crippen molar-refractivity contribution in [2.24, 2.45) is 0 Å². The van der Waals surface area contributed by atoms with Crippen LogP contribution in [-0.2, 0) is 51.9 Å². The molecule has 0 aliphatic heterocycles. The van der Waals surface area contributed by atoms with E-state index in [0.717, 1.165) is 0 Å². The maximum absolute atomic E-state index is 2.28. The molecule has 0 nitrogen and oxygen atoms in total. The van der Waals surface area contributed by atoms with Crippen LogP contribution in [0.25, 0.3) is 0 Å². The molecule has 110 valence electrons. The van der Waals surface area contributed by atoms with E-state index in [9.17, 15) is 0 Å². The molecule has 21 heavy (non-hydrogen) atoms. The Morgan fingerprint density at radius 2 is 1.00 bits per heavy atom. The Morgan fingerprint density at radius 3 is 1.48 bits per heavy atom. The number of hydrogen-bond donors (Lipinski definition) is 0. The monoisotopic (exact) mass is 356 g/mol. The average Bonchev–Trinajstić information content (AvgIpc) is 2.98. The second-order valence-corrected chi connectivity index (χ2v) is 6.27.